The predicted octanol–water partition coefficient (Wildman–Crippen LogP) is 7.06. The first-order valence-corrected chi connectivity index (χ1v) is 14.2. The minimum atomic E-state index is -0.440. The van der Waals surface area contributed by atoms with Crippen molar-refractivity contribution in [3.8, 4) is 20.9 Å². The number of hydrogen-bond donors (Lipinski definition) is 1. The third-order valence-corrected chi connectivity index (χ3v) is 8.90. The molecule has 35 heavy (non-hydrogen) atoms. The first kappa shape index (κ1) is 23.7. The number of aromatic nitrogens is 2. The van der Waals surface area contributed by atoms with Gasteiger partial charge in [-0.15, -0.1) is 34.0 Å². The van der Waals surface area contributed by atoms with Gasteiger partial charge < -0.3 is 10.1 Å². The largest absolute Gasteiger partial charge is 0.462 e. The number of carbonyl (C=O) groups excluding carboxylic acids is 2. The molecule has 0 unspecified atom stereocenters. The summed E-state index contributed by atoms with van der Waals surface area (Å²) >= 11 is 5.81. The van der Waals surface area contributed by atoms with Gasteiger partial charge in [0, 0.05) is 26.1 Å². The summed E-state index contributed by atoms with van der Waals surface area (Å²) in [5, 5.41) is 8.91. The first-order valence-electron chi connectivity index (χ1n) is 10.7. The van der Waals surface area contributed by atoms with Crippen LogP contribution in [0.4, 0.5) is 5.00 Å². The minimum Gasteiger partial charge on any atom is -0.462 e. The van der Waals surface area contributed by atoms with Crippen molar-refractivity contribution in [2.24, 2.45) is 0 Å². The van der Waals surface area contributed by atoms with E-state index in [-0.39, 0.29) is 18.3 Å². The first-order chi connectivity index (χ1) is 17.1. The smallest absolute Gasteiger partial charge is 0.341 e. The molecule has 4 aromatic heterocycles. The number of esters is 1. The molecule has 1 N–H and O–H groups in total. The Bertz CT molecular complexity index is 1480. The molecule has 0 aliphatic rings. The maximum Gasteiger partial charge on any atom is 0.341 e. The van der Waals surface area contributed by atoms with Crippen molar-refractivity contribution >= 4 is 72.9 Å². The van der Waals surface area contributed by atoms with Crippen LogP contribution in [0.2, 0.25) is 0 Å². The van der Waals surface area contributed by atoms with Crippen LogP contribution in [0.15, 0.2) is 70.6 Å². The Morgan fingerprint density at radius 2 is 1.91 bits per heavy atom. The Hall–Kier alpha value is -3.05. The van der Waals surface area contributed by atoms with Crippen LogP contribution in [0, 0.1) is 0 Å². The highest BCUT2D eigenvalue weighted by atomic mass is 32.2. The van der Waals surface area contributed by atoms with Gasteiger partial charge in [0.15, 0.2) is 0 Å². The second-order valence-corrected chi connectivity index (χ2v) is 11.1. The minimum absolute atomic E-state index is 0.150. The summed E-state index contributed by atoms with van der Waals surface area (Å²) in [5.41, 5.74) is 2.29. The van der Waals surface area contributed by atoms with Crippen LogP contribution in [0.25, 0.3) is 31.1 Å². The van der Waals surface area contributed by atoms with Gasteiger partial charge in [0.25, 0.3) is 0 Å². The number of carbonyl (C=O) groups is 2. The number of benzene rings is 1. The standard InChI is InChI=1S/C25H19N3O3S4/c1-2-31-25(30)21-17(18-9-6-10-32-18)12-33-24(21)28-20(29)13-34-22-16-11-19(15-7-4-3-5-8-15)35-23(16)27-14-26-22/h3-12,14H,2,13H2,1H3,(H,28,29). The number of fused-ring (bicyclic) bond motifs is 1. The lowest BCUT2D eigenvalue weighted by atomic mass is 10.1. The predicted molar refractivity (Wildman–Crippen MR) is 146 cm³/mol. The van der Waals surface area contributed by atoms with Gasteiger partial charge in [0.1, 0.15) is 26.7 Å². The van der Waals surface area contributed by atoms with Gasteiger partial charge in [-0.25, -0.2) is 14.8 Å². The number of hydrogen-bond acceptors (Lipinski definition) is 9. The fraction of sp³-hybridized carbons (Fsp3) is 0.120. The van der Waals surface area contributed by atoms with Crippen LogP contribution in [-0.2, 0) is 9.53 Å². The average Bonchev–Trinajstić information content (AvgIpc) is 3.63. The number of thiophene rings is 3. The molecule has 0 saturated heterocycles. The number of amides is 1. The molecule has 10 heteroatoms. The van der Waals surface area contributed by atoms with Crippen molar-refractivity contribution in [2.75, 3.05) is 17.7 Å². The fourth-order valence-corrected chi connectivity index (χ4v) is 7.09. The molecule has 4 heterocycles. The number of nitrogens with one attached hydrogen (secondary N) is 1. The molecule has 0 fully saturated rings. The van der Waals surface area contributed by atoms with Crippen molar-refractivity contribution in [3.05, 3.63) is 71.2 Å². The number of nitrogens with zero attached hydrogens (tertiary/aromatic N) is 2. The van der Waals surface area contributed by atoms with E-state index in [4.69, 9.17) is 4.74 Å². The van der Waals surface area contributed by atoms with E-state index in [2.05, 4.69) is 33.5 Å². The molecule has 0 aliphatic carbocycles. The quantitative estimate of drug-likeness (QED) is 0.130. The van der Waals surface area contributed by atoms with Gasteiger partial charge in [-0.2, -0.15) is 0 Å². The van der Waals surface area contributed by atoms with Crippen molar-refractivity contribution < 1.29 is 14.3 Å². The maximum atomic E-state index is 12.9. The van der Waals surface area contributed by atoms with E-state index in [0.717, 1.165) is 36.1 Å². The van der Waals surface area contributed by atoms with Crippen LogP contribution >= 0.6 is 45.8 Å². The Kier molecular flexibility index (Phi) is 7.24. The molecule has 0 saturated carbocycles. The topological polar surface area (TPSA) is 81.2 Å². The van der Waals surface area contributed by atoms with Gasteiger partial charge in [-0.1, -0.05) is 48.2 Å². The third kappa shape index (κ3) is 5.15. The van der Waals surface area contributed by atoms with E-state index >= 15 is 0 Å². The van der Waals surface area contributed by atoms with Gasteiger partial charge >= 0.3 is 5.97 Å². The summed E-state index contributed by atoms with van der Waals surface area (Å²) in [6.07, 6.45) is 1.53. The van der Waals surface area contributed by atoms with E-state index in [1.54, 1.807) is 18.3 Å². The molecule has 0 bridgehead atoms. The van der Waals surface area contributed by atoms with Crippen LogP contribution < -0.4 is 5.32 Å². The molecule has 1 amide bonds. The molecule has 0 atom stereocenters. The molecule has 176 valence electrons. The van der Waals surface area contributed by atoms with E-state index in [0.29, 0.717) is 10.6 Å². The molecule has 6 nitrogen and oxygen atoms in total. The Labute approximate surface area is 218 Å². The zero-order chi connectivity index (χ0) is 24.2. The second-order valence-electron chi connectivity index (χ2n) is 7.26. The Morgan fingerprint density at radius 1 is 1.06 bits per heavy atom. The van der Waals surface area contributed by atoms with Crippen LogP contribution in [-0.4, -0.2) is 34.2 Å². The Balaban J connectivity index is 1.34. The second kappa shape index (κ2) is 10.7. The summed E-state index contributed by atoms with van der Waals surface area (Å²) in [5.74, 6) is -0.508. The summed E-state index contributed by atoms with van der Waals surface area (Å²) in [6.45, 7) is 2.03. The van der Waals surface area contributed by atoms with E-state index < -0.39 is 5.97 Å². The van der Waals surface area contributed by atoms with Crippen molar-refractivity contribution in [3.63, 3.8) is 0 Å². The lowest BCUT2D eigenvalue weighted by Gasteiger charge is -2.08. The monoisotopic (exact) mass is 537 g/mol. The molecule has 5 aromatic rings. The summed E-state index contributed by atoms with van der Waals surface area (Å²) in [7, 11) is 0. The van der Waals surface area contributed by atoms with Gasteiger partial charge in [0.2, 0.25) is 5.91 Å². The lowest BCUT2D eigenvalue weighted by Crippen LogP contribution is -2.16. The lowest BCUT2D eigenvalue weighted by molar-refractivity contribution is -0.113. The average molecular weight is 538 g/mol. The van der Waals surface area contributed by atoms with E-state index in [9.17, 15) is 9.59 Å². The molecular formula is C25H19N3O3S4. The van der Waals surface area contributed by atoms with E-state index in [1.165, 1.54) is 40.8 Å². The molecule has 0 spiro atoms. The van der Waals surface area contributed by atoms with Crippen molar-refractivity contribution in [1.29, 1.82) is 0 Å². The highest BCUT2D eigenvalue weighted by Gasteiger charge is 2.23. The maximum absolute atomic E-state index is 12.9. The van der Waals surface area contributed by atoms with Gasteiger partial charge in [0.05, 0.1) is 12.4 Å². The fourth-order valence-electron chi connectivity index (χ4n) is 3.46. The SMILES string of the molecule is CCOC(=O)c1c(-c2cccs2)csc1NC(=O)CSc1ncnc2sc(-c3ccccc3)cc12. The number of anilines is 1. The molecule has 5 rings (SSSR count). The van der Waals surface area contributed by atoms with Gasteiger partial charge in [-0.3, -0.25) is 4.79 Å². The molecule has 1 aromatic carbocycles. The molecule has 0 radical (unpaired) electrons. The highest BCUT2D eigenvalue weighted by Crippen LogP contribution is 2.39. The number of rotatable bonds is 8. The normalized spacial score (nSPS) is 11.0. The number of ether oxygens (including phenoxy) is 1. The summed E-state index contributed by atoms with van der Waals surface area (Å²) in [4.78, 5) is 37.3. The van der Waals surface area contributed by atoms with Crippen LogP contribution in [0.5, 0.6) is 0 Å². The summed E-state index contributed by atoms with van der Waals surface area (Å²) in [6, 6.07) is 16.1. The third-order valence-electron chi connectivity index (χ3n) is 5.00. The zero-order valence-electron chi connectivity index (χ0n) is 18.5. The molecular weight excluding hydrogens is 519 g/mol. The van der Waals surface area contributed by atoms with E-state index in [1.807, 2.05) is 41.1 Å². The Morgan fingerprint density at radius 3 is 2.69 bits per heavy atom. The van der Waals surface area contributed by atoms with Gasteiger partial charge in [-0.05, 0) is 30.0 Å². The van der Waals surface area contributed by atoms with Crippen LogP contribution in [0.1, 0.15) is 17.3 Å². The molecule has 0 aliphatic heterocycles. The zero-order valence-corrected chi connectivity index (χ0v) is 21.8. The number of thioether (sulfide) groups is 1. The highest BCUT2D eigenvalue weighted by molar-refractivity contribution is 8.00. The van der Waals surface area contributed by atoms with Crippen molar-refractivity contribution in [1.82, 2.24) is 9.97 Å². The van der Waals surface area contributed by atoms with Crippen LogP contribution in [0.3, 0.4) is 0 Å². The van der Waals surface area contributed by atoms with Crippen molar-refractivity contribution in [2.45, 2.75) is 11.9 Å². The summed E-state index contributed by atoms with van der Waals surface area (Å²) < 4.78 is 5.26.